The second-order valence-electron chi connectivity index (χ2n) is 2.54. The van der Waals surface area contributed by atoms with Gasteiger partial charge in [-0.05, 0) is 28.7 Å². The van der Waals surface area contributed by atoms with Gasteiger partial charge in [-0.2, -0.15) is 5.26 Å². The van der Waals surface area contributed by atoms with Crippen molar-refractivity contribution in [3.8, 4) is 6.07 Å². The zero-order valence-electron chi connectivity index (χ0n) is 6.97. The van der Waals surface area contributed by atoms with Crippen molar-refractivity contribution in [1.29, 1.82) is 5.26 Å². The van der Waals surface area contributed by atoms with Crippen LogP contribution in [0, 0.1) is 15.0 Å². The largest absolute Gasteiger partial charge is 0.396 e. The maximum absolute atomic E-state index is 12.4. The number of nitrogens with zero attached hydrogens (tertiary/aromatic N) is 2. The summed E-state index contributed by atoms with van der Waals surface area (Å²) in [6, 6.07) is 3.02. The van der Waals surface area contributed by atoms with E-state index in [2.05, 4.69) is 4.98 Å². The van der Waals surface area contributed by atoms with Gasteiger partial charge in [-0.25, -0.2) is 13.8 Å². The molecule has 1 aromatic rings. The van der Waals surface area contributed by atoms with Crippen LogP contribution in [0.25, 0.3) is 0 Å². The first-order chi connectivity index (χ1) is 6.56. The summed E-state index contributed by atoms with van der Waals surface area (Å²) in [6.07, 6.45) is -2.63. The average Bonchev–Trinajstić information content (AvgIpc) is 2.11. The first-order valence-corrected chi connectivity index (χ1v) is 4.74. The van der Waals surface area contributed by atoms with Gasteiger partial charge in [-0.1, -0.05) is 0 Å². The molecule has 0 aliphatic heterocycles. The lowest BCUT2D eigenvalue weighted by molar-refractivity contribution is 0.152. The quantitative estimate of drug-likeness (QED) is 0.673. The molecule has 0 aliphatic carbocycles. The van der Waals surface area contributed by atoms with Crippen molar-refractivity contribution in [3.63, 3.8) is 0 Å². The monoisotopic (exact) mass is 309 g/mol. The van der Waals surface area contributed by atoms with Gasteiger partial charge in [0.15, 0.2) is 0 Å². The number of nitriles is 1. The van der Waals surface area contributed by atoms with Crippen LogP contribution < -0.4 is 5.73 Å². The van der Waals surface area contributed by atoms with Crippen LogP contribution in [0.15, 0.2) is 6.07 Å². The third-order valence-corrected chi connectivity index (χ3v) is 2.41. The minimum Gasteiger partial charge on any atom is -0.396 e. The van der Waals surface area contributed by atoms with Crippen molar-refractivity contribution >= 4 is 28.3 Å². The molecule has 6 heteroatoms. The predicted octanol–water partition coefficient (Wildman–Crippen LogP) is 2.27. The smallest absolute Gasteiger partial charge is 0.265 e. The molecule has 0 saturated heterocycles. The molecule has 14 heavy (non-hydrogen) atoms. The molecule has 0 amide bonds. The highest BCUT2D eigenvalue weighted by atomic mass is 127. The summed E-state index contributed by atoms with van der Waals surface area (Å²) in [7, 11) is 0. The summed E-state index contributed by atoms with van der Waals surface area (Å²) in [5, 5.41) is 8.40. The lowest BCUT2D eigenvalue weighted by Crippen LogP contribution is -2.03. The maximum Gasteiger partial charge on any atom is 0.265 e. The number of hydrogen-bond acceptors (Lipinski definition) is 3. The fourth-order valence-electron chi connectivity index (χ4n) is 0.947. The molecule has 3 nitrogen and oxygen atoms in total. The number of halogens is 3. The number of nitrogen functional groups attached to an aromatic ring is 1. The van der Waals surface area contributed by atoms with Gasteiger partial charge in [0.1, 0.15) is 3.70 Å². The number of alkyl halides is 2. The third-order valence-electron chi connectivity index (χ3n) is 1.59. The van der Waals surface area contributed by atoms with E-state index in [-0.39, 0.29) is 17.7 Å². The van der Waals surface area contributed by atoms with Crippen molar-refractivity contribution in [1.82, 2.24) is 4.98 Å². The van der Waals surface area contributed by atoms with E-state index in [9.17, 15) is 8.78 Å². The second kappa shape index (κ2) is 4.50. The molecule has 1 heterocycles. The number of anilines is 1. The Labute approximate surface area is 93.1 Å². The molecule has 0 aliphatic rings. The molecule has 0 atom stereocenters. The summed E-state index contributed by atoms with van der Waals surface area (Å²) in [6.45, 7) is 0. The Morgan fingerprint density at radius 3 is 2.79 bits per heavy atom. The van der Waals surface area contributed by atoms with Crippen molar-refractivity contribution in [2.24, 2.45) is 0 Å². The molecule has 0 fully saturated rings. The Balaban J connectivity index is 3.22. The average molecular weight is 309 g/mol. The molecule has 1 aromatic heterocycles. The fraction of sp³-hybridized carbons (Fsp3) is 0.250. The zero-order chi connectivity index (χ0) is 10.7. The van der Waals surface area contributed by atoms with Crippen LogP contribution in [0.2, 0.25) is 0 Å². The Morgan fingerprint density at radius 2 is 2.29 bits per heavy atom. The van der Waals surface area contributed by atoms with E-state index in [1.807, 2.05) is 6.07 Å². The highest BCUT2D eigenvalue weighted by Crippen LogP contribution is 2.28. The molecular formula is C8H6F2IN3. The molecule has 0 bridgehead atoms. The van der Waals surface area contributed by atoms with E-state index in [0.29, 0.717) is 9.39 Å². The SMILES string of the molecule is N#CCc1cc(C(F)F)c(N)c(I)n1. The molecule has 0 radical (unpaired) electrons. The number of rotatable bonds is 2. The summed E-state index contributed by atoms with van der Waals surface area (Å²) in [4.78, 5) is 3.91. The summed E-state index contributed by atoms with van der Waals surface area (Å²) in [5.74, 6) is 0. The number of aromatic nitrogens is 1. The minimum absolute atomic E-state index is 0.00992. The Kier molecular flexibility index (Phi) is 3.57. The minimum atomic E-state index is -2.64. The van der Waals surface area contributed by atoms with Crippen LogP contribution in [-0.4, -0.2) is 4.98 Å². The van der Waals surface area contributed by atoms with Crippen LogP contribution in [0.5, 0.6) is 0 Å². The van der Waals surface area contributed by atoms with E-state index in [0.717, 1.165) is 0 Å². The summed E-state index contributed by atoms with van der Waals surface area (Å²) >= 11 is 1.77. The molecule has 0 spiro atoms. The standard InChI is InChI=1S/C8H6F2IN3/c9-7(10)5-3-4(1-2-12)14-8(11)6(5)13/h3,7H,1,13H2. The van der Waals surface area contributed by atoms with Gasteiger partial charge in [-0.15, -0.1) is 0 Å². The van der Waals surface area contributed by atoms with Gasteiger partial charge in [0.25, 0.3) is 6.43 Å². The first-order valence-electron chi connectivity index (χ1n) is 3.66. The number of pyridine rings is 1. The van der Waals surface area contributed by atoms with E-state index < -0.39 is 6.43 Å². The first kappa shape index (κ1) is 11.1. The Morgan fingerprint density at radius 1 is 1.64 bits per heavy atom. The zero-order valence-corrected chi connectivity index (χ0v) is 9.12. The van der Waals surface area contributed by atoms with Crippen LogP contribution in [0.3, 0.4) is 0 Å². The summed E-state index contributed by atoms with van der Waals surface area (Å²) < 4.78 is 25.2. The lowest BCUT2D eigenvalue weighted by atomic mass is 10.2. The Hall–Kier alpha value is -0.970. The molecular weight excluding hydrogens is 303 g/mol. The van der Waals surface area contributed by atoms with Gasteiger partial charge < -0.3 is 5.73 Å². The normalized spacial score (nSPS) is 10.2. The van der Waals surface area contributed by atoms with E-state index in [1.54, 1.807) is 22.6 Å². The van der Waals surface area contributed by atoms with Gasteiger partial charge in [-0.3, -0.25) is 0 Å². The molecule has 0 saturated carbocycles. The van der Waals surface area contributed by atoms with Gasteiger partial charge >= 0.3 is 0 Å². The van der Waals surface area contributed by atoms with E-state index in [4.69, 9.17) is 11.0 Å². The van der Waals surface area contributed by atoms with E-state index >= 15 is 0 Å². The van der Waals surface area contributed by atoms with Gasteiger partial charge in [0.2, 0.25) is 0 Å². The molecule has 1 rings (SSSR count). The Bertz CT molecular complexity index is 387. The topological polar surface area (TPSA) is 62.7 Å². The molecule has 0 aromatic carbocycles. The highest BCUT2D eigenvalue weighted by Gasteiger charge is 2.15. The van der Waals surface area contributed by atoms with Crippen LogP contribution in [-0.2, 0) is 6.42 Å². The van der Waals surface area contributed by atoms with Crippen molar-refractivity contribution in [3.05, 3.63) is 21.0 Å². The lowest BCUT2D eigenvalue weighted by Gasteiger charge is -2.07. The number of hydrogen-bond donors (Lipinski definition) is 1. The van der Waals surface area contributed by atoms with Gasteiger partial charge in [0.05, 0.1) is 23.9 Å². The molecule has 2 N–H and O–H groups in total. The fourth-order valence-corrected chi connectivity index (χ4v) is 1.57. The van der Waals surface area contributed by atoms with Crippen LogP contribution in [0.4, 0.5) is 14.5 Å². The van der Waals surface area contributed by atoms with Gasteiger partial charge in [0, 0.05) is 5.56 Å². The summed E-state index contributed by atoms with van der Waals surface area (Å²) in [5.41, 5.74) is 5.47. The van der Waals surface area contributed by atoms with Crippen molar-refractivity contribution in [2.45, 2.75) is 12.8 Å². The molecule has 74 valence electrons. The predicted molar refractivity (Wildman–Crippen MR) is 55.6 cm³/mol. The van der Waals surface area contributed by atoms with Crippen molar-refractivity contribution < 1.29 is 8.78 Å². The van der Waals surface area contributed by atoms with E-state index in [1.165, 1.54) is 6.07 Å². The molecule has 0 unspecified atom stereocenters. The maximum atomic E-state index is 12.4. The van der Waals surface area contributed by atoms with Crippen LogP contribution in [0.1, 0.15) is 17.7 Å². The van der Waals surface area contributed by atoms with Crippen molar-refractivity contribution in [2.75, 3.05) is 5.73 Å². The second-order valence-corrected chi connectivity index (χ2v) is 3.56. The third kappa shape index (κ3) is 2.29. The van der Waals surface area contributed by atoms with Crippen LogP contribution >= 0.6 is 22.6 Å². The number of nitrogens with two attached hydrogens (primary N) is 1. The highest BCUT2D eigenvalue weighted by molar-refractivity contribution is 14.1.